The number of nitrogens with zero attached hydrogens (tertiary/aromatic N) is 2. The van der Waals surface area contributed by atoms with Gasteiger partial charge in [0.05, 0.1) is 6.61 Å². The fraction of sp³-hybridized carbons (Fsp3) is 0.700. The Hall–Kier alpha value is -1.01. The quantitative estimate of drug-likeness (QED) is 0.805. The number of carbonyl (C=O) groups excluding carboxylic acids is 1. The first-order valence-corrected chi connectivity index (χ1v) is 6.34. The molecule has 0 atom stereocenters. The molecule has 0 radical (unpaired) electrons. The molecule has 2 rings (SSSR count). The van der Waals surface area contributed by atoms with Crippen molar-refractivity contribution in [1.29, 1.82) is 0 Å². The molecule has 0 aromatic carbocycles. The zero-order valence-corrected chi connectivity index (χ0v) is 10.0. The molecule has 0 unspecified atom stereocenters. The van der Waals surface area contributed by atoms with E-state index in [1.165, 1.54) is 11.3 Å². The van der Waals surface area contributed by atoms with E-state index in [-0.39, 0.29) is 5.97 Å². The second kappa shape index (κ2) is 5.36. The van der Waals surface area contributed by atoms with Crippen molar-refractivity contribution in [2.75, 3.05) is 19.7 Å². The lowest BCUT2D eigenvalue weighted by Gasteiger charge is -2.19. The normalized spacial score (nSPS) is 17.3. The molecule has 0 aliphatic carbocycles. The number of hydrogen-bond acceptors (Lipinski definition) is 6. The minimum atomic E-state index is -0.361. The molecular formula is C10H15N3O2S. The maximum Gasteiger partial charge on any atom is 0.369 e. The Bertz CT molecular complexity index is 361. The predicted octanol–water partition coefficient (Wildman–Crippen LogP) is 1.18. The topological polar surface area (TPSA) is 64.1 Å². The lowest BCUT2D eigenvalue weighted by atomic mass is 9.99. The molecule has 16 heavy (non-hydrogen) atoms. The molecular weight excluding hydrogens is 226 g/mol. The zero-order chi connectivity index (χ0) is 11.4. The summed E-state index contributed by atoms with van der Waals surface area (Å²) in [4.78, 5) is 11.4. The highest BCUT2D eigenvalue weighted by Crippen LogP contribution is 2.27. The molecule has 1 fully saturated rings. The van der Waals surface area contributed by atoms with Crippen LogP contribution in [0.2, 0.25) is 0 Å². The molecule has 1 N–H and O–H groups in total. The van der Waals surface area contributed by atoms with Crippen LogP contribution in [0.1, 0.15) is 40.5 Å². The molecule has 1 aromatic heterocycles. The molecule has 1 aromatic rings. The fourth-order valence-corrected chi connectivity index (χ4v) is 2.65. The van der Waals surface area contributed by atoms with Crippen LogP contribution in [0.25, 0.3) is 0 Å². The maximum absolute atomic E-state index is 11.4. The van der Waals surface area contributed by atoms with Crippen LogP contribution in [-0.2, 0) is 4.74 Å². The monoisotopic (exact) mass is 241 g/mol. The summed E-state index contributed by atoms with van der Waals surface area (Å²) in [7, 11) is 0. The number of rotatable bonds is 3. The van der Waals surface area contributed by atoms with Crippen LogP contribution in [0.4, 0.5) is 0 Å². The number of ether oxygens (including phenoxy) is 1. The average molecular weight is 241 g/mol. The highest BCUT2D eigenvalue weighted by atomic mass is 32.1. The molecule has 2 heterocycles. The number of esters is 1. The van der Waals surface area contributed by atoms with E-state index in [4.69, 9.17) is 4.74 Å². The van der Waals surface area contributed by atoms with Gasteiger partial charge in [0.2, 0.25) is 5.01 Å². The second-order valence-corrected chi connectivity index (χ2v) is 4.70. The van der Waals surface area contributed by atoms with Gasteiger partial charge in [-0.2, -0.15) is 0 Å². The van der Waals surface area contributed by atoms with Gasteiger partial charge in [-0.25, -0.2) is 4.79 Å². The Labute approximate surface area is 98.2 Å². The van der Waals surface area contributed by atoms with Crippen molar-refractivity contribution >= 4 is 17.3 Å². The van der Waals surface area contributed by atoms with Crippen LogP contribution in [0.5, 0.6) is 0 Å². The SMILES string of the molecule is CCOC(=O)c1nnc(C2CCNCC2)s1. The van der Waals surface area contributed by atoms with Crippen molar-refractivity contribution in [1.82, 2.24) is 15.5 Å². The summed E-state index contributed by atoms with van der Waals surface area (Å²) in [6.07, 6.45) is 2.13. The molecule has 0 saturated carbocycles. The van der Waals surface area contributed by atoms with E-state index >= 15 is 0 Å². The van der Waals surface area contributed by atoms with Gasteiger partial charge in [-0.15, -0.1) is 10.2 Å². The third kappa shape index (κ3) is 2.56. The van der Waals surface area contributed by atoms with E-state index < -0.39 is 0 Å². The zero-order valence-electron chi connectivity index (χ0n) is 9.23. The number of carbonyl (C=O) groups is 1. The summed E-state index contributed by atoms with van der Waals surface area (Å²) in [6.45, 7) is 4.19. The Balaban J connectivity index is 2.03. The number of piperidine rings is 1. The highest BCUT2D eigenvalue weighted by Gasteiger charge is 2.21. The van der Waals surface area contributed by atoms with E-state index in [0.29, 0.717) is 17.5 Å². The van der Waals surface area contributed by atoms with Crippen LogP contribution in [0.15, 0.2) is 0 Å². The van der Waals surface area contributed by atoms with Crippen LogP contribution >= 0.6 is 11.3 Å². The first-order valence-electron chi connectivity index (χ1n) is 5.52. The molecule has 1 aliphatic heterocycles. The van der Waals surface area contributed by atoms with Gasteiger partial charge in [-0.1, -0.05) is 11.3 Å². The van der Waals surface area contributed by atoms with Crippen molar-refractivity contribution in [2.45, 2.75) is 25.7 Å². The van der Waals surface area contributed by atoms with E-state index in [2.05, 4.69) is 15.5 Å². The molecule has 0 spiro atoms. The van der Waals surface area contributed by atoms with Gasteiger partial charge in [-0.05, 0) is 32.9 Å². The number of hydrogen-bond donors (Lipinski definition) is 1. The second-order valence-electron chi connectivity index (χ2n) is 3.69. The Kier molecular flexibility index (Phi) is 3.84. The Morgan fingerprint density at radius 3 is 2.94 bits per heavy atom. The standard InChI is InChI=1S/C10H15N3O2S/c1-2-15-10(14)9-13-12-8(16-9)7-3-5-11-6-4-7/h7,11H,2-6H2,1H3. The van der Waals surface area contributed by atoms with Crippen molar-refractivity contribution < 1.29 is 9.53 Å². The minimum absolute atomic E-state index is 0.361. The molecule has 0 amide bonds. The Morgan fingerprint density at radius 2 is 2.25 bits per heavy atom. The lowest BCUT2D eigenvalue weighted by molar-refractivity contribution is 0.0525. The van der Waals surface area contributed by atoms with Crippen molar-refractivity contribution in [3.8, 4) is 0 Å². The van der Waals surface area contributed by atoms with Gasteiger partial charge in [0, 0.05) is 5.92 Å². The third-order valence-corrected chi connectivity index (χ3v) is 3.64. The molecule has 1 aliphatic rings. The summed E-state index contributed by atoms with van der Waals surface area (Å²) in [5.74, 6) is 0.0853. The molecule has 6 heteroatoms. The van der Waals surface area contributed by atoms with E-state index in [0.717, 1.165) is 30.9 Å². The van der Waals surface area contributed by atoms with Gasteiger partial charge in [-0.3, -0.25) is 0 Å². The fourth-order valence-electron chi connectivity index (χ4n) is 1.74. The van der Waals surface area contributed by atoms with Gasteiger partial charge < -0.3 is 10.1 Å². The van der Waals surface area contributed by atoms with Gasteiger partial charge >= 0.3 is 5.97 Å². The van der Waals surface area contributed by atoms with E-state index in [9.17, 15) is 4.79 Å². The lowest BCUT2D eigenvalue weighted by Crippen LogP contribution is -2.26. The minimum Gasteiger partial charge on any atom is -0.461 e. The number of nitrogens with one attached hydrogen (secondary N) is 1. The van der Waals surface area contributed by atoms with Gasteiger partial charge in [0.1, 0.15) is 5.01 Å². The summed E-state index contributed by atoms with van der Waals surface area (Å²) >= 11 is 1.36. The summed E-state index contributed by atoms with van der Waals surface area (Å²) in [6, 6.07) is 0. The maximum atomic E-state index is 11.4. The van der Waals surface area contributed by atoms with Gasteiger partial charge in [0.25, 0.3) is 0 Å². The first kappa shape index (κ1) is 11.5. The van der Waals surface area contributed by atoms with E-state index in [1.54, 1.807) is 6.92 Å². The average Bonchev–Trinajstić information content (AvgIpc) is 2.80. The van der Waals surface area contributed by atoms with E-state index in [1.807, 2.05) is 0 Å². The Morgan fingerprint density at radius 1 is 1.50 bits per heavy atom. The number of aromatic nitrogens is 2. The summed E-state index contributed by atoms with van der Waals surface area (Å²) < 4.78 is 4.89. The molecule has 5 nitrogen and oxygen atoms in total. The van der Waals surface area contributed by atoms with Crippen molar-refractivity contribution in [2.24, 2.45) is 0 Å². The van der Waals surface area contributed by atoms with Crippen molar-refractivity contribution in [3.05, 3.63) is 10.0 Å². The highest BCUT2D eigenvalue weighted by molar-refractivity contribution is 7.13. The van der Waals surface area contributed by atoms with Crippen LogP contribution < -0.4 is 5.32 Å². The van der Waals surface area contributed by atoms with Crippen LogP contribution in [0, 0.1) is 0 Å². The first-order chi connectivity index (χ1) is 7.81. The van der Waals surface area contributed by atoms with Crippen molar-refractivity contribution in [3.63, 3.8) is 0 Å². The van der Waals surface area contributed by atoms with Gasteiger partial charge in [0.15, 0.2) is 0 Å². The largest absolute Gasteiger partial charge is 0.461 e. The molecule has 0 bridgehead atoms. The molecule has 88 valence electrons. The molecule has 1 saturated heterocycles. The van der Waals surface area contributed by atoms with Crippen LogP contribution in [-0.4, -0.2) is 35.9 Å². The third-order valence-electron chi connectivity index (χ3n) is 2.58. The van der Waals surface area contributed by atoms with Crippen LogP contribution in [0.3, 0.4) is 0 Å². The smallest absolute Gasteiger partial charge is 0.369 e. The summed E-state index contributed by atoms with van der Waals surface area (Å²) in [5.41, 5.74) is 0. The summed E-state index contributed by atoms with van der Waals surface area (Å²) in [5, 5.41) is 12.6. The predicted molar refractivity (Wildman–Crippen MR) is 60.7 cm³/mol.